The Hall–Kier alpha value is -2.88. The van der Waals surface area contributed by atoms with E-state index in [2.05, 4.69) is 11.8 Å². The number of carbonyl (C=O) groups excluding carboxylic acids is 2. The van der Waals surface area contributed by atoms with Crippen molar-refractivity contribution in [3.63, 3.8) is 0 Å². The van der Waals surface area contributed by atoms with E-state index in [0.29, 0.717) is 61.3 Å². The van der Waals surface area contributed by atoms with Gasteiger partial charge in [-0.15, -0.1) is 11.3 Å². The normalized spacial score (nSPS) is 18.5. The average molecular weight is 529 g/mol. The van der Waals surface area contributed by atoms with Gasteiger partial charge in [0.15, 0.2) is 17.3 Å². The molecule has 2 aromatic rings. The zero-order valence-electron chi connectivity index (χ0n) is 21.6. The van der Waals surface area contributed by atoms with Gasteiger partial charge in [0.1, 0.15) is 0 Å². The van der Waals surface area contributed by atoms with E-state index >= 15 is 0 Å². The molecule has 1 unspecified atom stereocenters. The standard InChI is InChI=1S/C28H36N2O6S/c1-3-5-15-36-21-10-9-20(19-22(21)35-4-2)25-24(26(31)23-8-6-18-37-23)27(32)28(33)30(25)12-7-11-29-13-16-34-17-14-29/h6,8-10,18-19,25,32H,3-5,7,11-17H2,1-2H3. The smallest absolute Gasteiger partial charge is 0.290 e. The molecule has 2 aliphatic heterocycles. The van der Waals surface area contributed by atoms with E-state index < -0.39 is 17.7 Å². The molecule has 1 saturated heterocycles. The summed E-state index contributed by atoms with van der Waals surface area (Å²) in [5.74, 6) is -0.139. The van der Waals surface area contributed by atoms with Crippen LogP contribution in [0.4, 0.5) is 0 Å². The summed E-state index contributed by atoms with van der Waals surface area (Å²) in [6.07, 6.45) is 2.66. The molecule has 1 N–H and O–H groups in total. The van der Waals surface area contributed by atoms with Crippen molar-refractivity contribution < 1.29 is 28.9 Å². The minimum Gasteiger partial charge on any atom is -0.503 e. The largest absolute Gasteiger partial charge is 0.503 e. The van der Waals surface area contributed by atoms with Crippen LogP contribution in [0.1, 0.15) is 54.4 Å². The fourth-order valence-electron chi connectivity index (χ4n) is 4.70. The van der Waals surface area contributed by atoms with Gasteiger partial charge in [-0.2, -0.15) is 0 Å². The van der Waals surface area contributed by atoms with Crippen molar-refractivity contribution >= 4 is 23.0 Å². The number of benzene rings is 1. The Morgan fingerprint density at radius 2 is 1.92 bits per heavy atom. The Bertz CT molecular complexity index is 1090. The van der Waals surface area contributed by atoms with Gasteiger partial charge in [0, 0.05) is 26.2 Å². The molecule has 200 valence electrons. The molecule has 0 aliphatic carbocycles. The Balaban J connectivity index is 1.64. The first-order valence-corrected chi connectivity index (χ1v) is 13.9. The van der Waals surface area contributed by atoms with Crippen LogP contribution in [0.3, 0.4) is 0 Å². The molecule has 0 radical (unpaired) electrons. The lowest BCUT2D eigenvalue weighted by molar-refractivity contribution is -0.129. The van der Waals surface area contributed by atoms with E-state index in [-0.39, 0.29) is 11.4 Å². The highest BCUT2D eigenvalue weighted by atomic mass is 32.1. The highest BCUT2D eigenvalue weighted by Gasteiger charge is 2.44. The Morgan fingerprint density at radius 1 is 1.11 bits per heavy atom. The first kappa shape index (κ1) is 27.2. The molecule has 0 saturated carbocycles. The van der Waals surface area contributed by atoms with Crippen LogP contribution in [-0.2, 0) is 9.53 Å². The van der Waals surface area contributed by atoms with Gasteiger partial charge in [0.2, 0.25) is 5.78 Å². The third-order valence-corrected chi connectivity index (χ3v) is 7.48. The number of rotatable bonds is 13. The number of Topliss-reactive ketones (excluding diaryl/α,β-unsaturated/α-hetero) is 1. The Labute approximate surface area is 222 Å². The summed E-state index contributed by atoms with van der Waals surface area (Å²) in [6, 6.07) is 8.31. The van der Waals surface area contributed by atoms with Crippen molar-refractivity contribution in [3.8, 4) is 11.5 Å². The zero-order chi connectivity index (χ0) is 26.2. The van der Waals surface area contributed by atoms with Crippen molar-refractivity contribution in [2.24, 2.45) is 0 Å². The van der Waals surface area contributed by atoms with E-state index in [0.717, 1.165) is 32.5 Å². The van der Waals surface area contributed by atoms with Gasteiger partial charge in [0.25, 0.3) is 5.91 Å². The molecule has 2 aliphatic rings. The maximum Gasteiger partial charge on any atom is 0.290 e. The summed E-state index contributed by atoms with van der Waals surface area (Å²) in [5, 5.41) is 12.7. The summed E-state index contributed by atoms with van der Waals surface area (Å²) in [6.45, 7) is 9.38. The topological polar surface area (TPSA) is 88.5 Å². The average Bonchev–Trinajstić information content (AvgIpc) is 3.53. The van der Waals surface area contributed by atoms with Gasteiger partial charge in [-0.1, -0.05) is 25.5 Å². The van der Waals surface area contributed by atoms with E-state index in [4.69, 9.17) is 14.2 Å². The first-order valence-electron chi connectivity index (χ1n) is 13.1. The van der Waals surface area contributed by atoms with Gasteiger partial charge in [-0.05, 0) is 48.9 Å². The molecule has 8 nitrogen and oxygen atoms in total. The van der Waals surface area contributed by atoms with E-state index in [1.165, 1.54) is 11.3 Å². The van der Waals surface area contributed by atoms with E-state index in [1.54, 1.807) is 17.0 Å². The minimum atomic E-state index is -0.712. The monoisotopic (exact) mass is 528 g/mol. The Morgan fingerprint density at radius 3 is 2.62 bits per heavy atom. The third kappa shape index (κ3) is 6.34. The van der Waals surface area contributed by atoms with Crippen LogP contribution in [0.5, 0.6) is 11.5 Å². The predicted octanol–water partition coefficient (Wildman–Crippen LogP) is 4.63. The van der Waals surface area contributed by atoms with E-state index in [9.17, 15) is 14.7 Å². The molecule has 3 heterocycles. The number of unbranched alkanes of at least 4 members (excludes halogenated alkanes) is 1. The van der Waals surface area contributed by atoms with E-state index in [1.807, 2.05) is 30.5 Å². The van der Waals surface area contributed by atoms with Crippen LogP contribution in [0.25, 0.3) is 0 Å². The highest BCUT2D eigenvalue weighted by molar-refractivity contribution is 7.12. The van der Waals surface area contributed by atoms with Gasteiger partial charge < -0.3 is 24.2 Å². The molecule has 1 fully saturated rings. The molecule has 4 rings (SSSR count). The number of ketones is 1. The number of aliphatic hydroxyl groups excluding tert-OH is 1. The van der Waals surface area contributed by atoms with Crippen molar-refractivity contribution in [3.05, 3.63) is 57.5 Å². The summed E-state index contributed by atoms with van der Waals surface area (Å²) >= 11 is 1.29. The van der Waals surface area contributed by atoms with Crippen LogP contribution < -0.4 is 9.47 Å². The second-order valence-corrected chi connectivity index (χ2v) is 10.1. The van der Waals surface area contributed by atoms with Crippen LogP contribution in [0.2, 0.25) is 0 Å². The fraction of sp³-hybridized carbons (Fsp3) is 0.500. The Kier molecular flexibility index (Phi) is 9.60. The lowest BCUT2D eigenvalue weighted by atomic mass is 9.95. The molecule has 9 heteroatoms. The number of morpholine rings is 1. The molecule has 1 amide bonds. The lowest BCUT2D eigenvalue weighted by Crippen LogP contribution is -2.39. The maximum atomic E-state index is 13.5. The van der Waals surface area contributed by atoms with Crippen molar-refractivity contribution in [2.75, 3.05) is 52.6 Å². The van der Waals surface area contributed by atoms with Crippen LogP contribution in [-0.4, -0.2) is 79.2 Å². The second kappa shape index (κ2) is 13.1. The SMILES string of the molecule is CCCCOc1ccc(C2C(C(=O)c3cccs3)=C(O)C(=O)N2CCCN2CCOCC2)cc1OCC. The summed E-state index contributed by atoms with van der Waals surface area (Å²) in [4.78, 5) is 31.2. The van der Waals surface area contributed by atoms with Gasteiger partial charge in [0.05, 0.1) is 42.9 Å². The number of thiophene rings is 1. The second-order valence-electron chi connectivity index (χ2n) is 9.12. The molecule has 0 spiro atoms. The van der Waals surface area contributed by atoms with Gasteiger partial charge in [-0.25, -0.2) is 0 Å². The first-order chi connectivity index (χ1) is 18.0. The molecule has 37 heavy (non-hydrogen) atoms. The van der Waals surface area contributed by atoms with Crippen LogP contribution in [0.15, 0.2) is 47.0 Å². The molecular formula is C28H36N2O6S. The van der Waals surface area contributed by atoms with Gasteiger partial charge >= 0.3 is 0 Å². The number of nitrogens with zero attached hydrogens (tertiary/aromatic N) is 2. The number of carbonyl (C=O) groups is 2. The molecule has 1 atom stereocenters. The molecule has 0 bridgehead atoms. The summed E-state index contributed by atoms with van der Waals surface area (Å²) in [5.41, 5.74) is 0.816. The zero-order valence-corrected chi connectivity index (χ0v) is 22.4. The number of amides is 1. The van der Waals surface area contributed by atoms with Crippen LogP contribution in [0, 0.1) is 0 Å². The number of hydrogen-bond donors (Lipinski definition) is 1. The highest BCUT2D eigenvalue weighted by Crippen LogP contribution is 2.42. The van der Waals surface area contributed by atoms with Gasteiger partial charge in [-0.3, -0.25) is 14.5 Å². The quantitative estimate of drug-likeness (QED) is 0.300. The molecule has 1 aromatic carbocycles. The van der Waals surface area contributed by atoms with Crippen molar-refractivity contribution in [1.82, 2.24) is 9.80 Å². The predicted molar refractivity (Wildman–Crippen MR) is 143 cm³/mol. The number of ether oxygens (including phenoxy) is 3. The lowest BCUT2D eigenvalue weighted by Gasteiger charge is -2.30. The number of aliphatic hydroxyl groups is 1. The van der Waals surface area contributed by atoms with Crippen molar-refractivity contribution in [2.45, 2.75) is 39.2 Å². The third-order valence-electron chi connectivity index (χ3n) is 6.61. The molecular weight excluding hydrogens is 492 g/mol. The molecule has 1 aromatic heterocycles. The summed E-state index contributed by atoms with van der Waals surface area (Å²) in [7, 11) is 0. The summed E-state index contributed by atoms with van der Waals surface area (Å²) < 4.78 is 17.2. The van der Waals surface area contributed by atoms with Crippen LogP contribution >= 0.6 is 11.3 Å². The minimum absolute atomic E-state index is 0.112. The number of hydrogen-bond acceptors (Lipinski definition) is 8. The van der Waals surface area contributed by atoms with Crippen molar-refractivity contribution in [1.29, 1.82) is 0 Å². The maximum absolute atomic E-state index is 13.5. The fourth-order valence-corrected chi connectivity index (χ4v) is 5.38.